The number of fused-ring (bicyclic) bond motifs is 1. The largest absolute Gasteiger partial charge is 0.399 e. The minimum absolute atomic E-state index is 0.00313. The first kappa shape index (κ1) is 13.4. The number of amides is 1. The molecule has 0 unspecified atom stereocenters. The maximum atomic E-state index is 12.3. The van der Waals surface area contributed by atoms with E-state index in [0.717, 1.165) is 17.4 Å². The second-order valence-electron chi connectivity index (χ2n) is 5.06. The van der Waals surface area contributed by atoms with E-state index >= 15 is 0 Å². The van der Waals surface area contributed by atoms with Crippen molar-refractivity contribution >= 4 is 22.5 Å². The summed E-state index contributed by atoms with van der Waals surface area (Å²) in [5.74, 6) is -0.00313. The Kier molecular flexibility index (Phi) is 3.76. The number of nitrogens with zero attached hydrogens (tertiary/aromatic N) is 2. The highest BCUT2D eigenvalue weighted by molar-refractivity contribution is 5.98. The Balaban J connectivity index is 2.16. The Morgan fingerprint density at radius 1 is 1.21 bits per heavy atom. The highest BCUT2D eigenvalue weighted by Crippen LogP contribution is 2.19. The van der Waals surface area contributed by atoms with Crippen LogP contribution in [0, 0.1) is 0 Å². The molecule has 0 bridgehead atoms. The van der Waals surface area contributed by atoms with Crippen molar-refractivity contribution in [3.8, 4) is 0 Å². The van der Waals surface area contributed by atoms with Gasteiger partial charge in [0, 0.05) is 36.7 Å². The fourth-order valence-electron chi connectivity index (χ4n) is 1.92. The predicted molar refractivity (Wildman–Crippen MR) is 78.2 cm³/mol. The van der Waals surface area contributed by atoms with Crippen LogP contribution in [0.2, 0.25) is 0 Å². The van der Waals surface area contributed by atoms with Gasteiger partial charge in [0.05, 0.1) is 0 Å². The Labute approximate surface area is 113 Å². The van der Waals surface area contributed by atoms with Crippen molar-refractivity contribution in [1.82, 2.24) is 14.8 Å². The summed E-state index contributed by atoms with van der Waals surface area (Å²) in [6, 6.07) is 7.42. The number of benzene rings is 1. The summed E-state index contributed by atoms with van der Waals surface area (Å²) < 4.78 is 0. The Morgan fingerprint density at radius 2 is 1.95 bits per heavy atom. The SMILES string of the molecule is CN(C)CCN(C)C(=O)c1cc2cc(N)ccc2[nH]1. The number of aromatic nitrogens is 1. The number of nitrogen functional groups attached to an aromatic ring is 1. The van der Waals surface area contributed by atoms with Crippen molar-refractivity contribution in [3.05, 3.63) is 30.0 Å². The van der Waals surface area contributed by atoms with Gasteiger partial charge in [0.2, 0.25) is 0 Å². The number of rotatable bonds is 4. The van der Waals surface area contributed by atoms with Gasteiger partial charge in [0.1, 0.15) is 5.69 Å². The molecule has 0 saturated heterocycles. The molecule has 0 aliphatic carbocycles. The van der Waals surface area contributed by atoms with E-state index < -0.39 is 0 Å². The number of anilines is 1. The molecule has 1 heterocycles. The summed E-state index contributed by atoms with van der Waals surface area (Å²) >= 11 is 0. The van der Waals surface area contributed by atoms with E-state index in [4.69, 9.17) is 5.73 Å². The molecule has 0 fully saturated rings. The number of nitrogens with two attached hydrogens (primary N) is 1. The standard InChI is InChI=1S/C14H20N4O/c1-17(2)6-7-18(3)14(19)13-9-10-8-11(15)4-5-12(10)16-13/h4-5,8-9,16H,6-7,15H2,1-3H3. The number of nitrogens with one attached hydrogen (secondary N) is 1. The van der Waals surface area contributed by atoms with Crippen molar-refractivity contribution in [3.63, 3.8) is 0 Å². The summed E-state index contributed by atoms with van der Waals surface area (Å²) in [4.78, 5) is 19.2. The molecule has 1 aromatic heterocycles. The second-order valence-corrected chi connectivity index (χ2v) is 5.06. The normalized spacial score (nSPS) is 11.2. The van der Waals surface area contributed by atoms with Gasteiger partial charge in [-0.25, -0.2) is 0 Å². The number of hydrogen-bond donors (Lipinski definition) is 2. The lowest BCUT2D eigenvalue weighted by Gasteiger charge is -2.18. The van der Waals surface area contributed by atoms with Crippen LogP contribution < -0.4 is 5.73 Å². The van der Waals surface area contributed by atoms with Crippen LogP contribution in [-0.2, 0) is 0 Å². The Morgan fingerprint density at radius 3 is 2.63 bits per heavy atom. The summed E-state index contributed by atoms with van der Waals surface area (Å²) in [7, 11) is 5.79. The van der Waals surface area contributed by atoms with Crippen LogP contribution in [0.5, 0.6) is 0 Å². The van der Waals surface area contributed by atoms with Gasteiger partial charge >= 0.3 is 0 Å². The fourth-order valence-corrected chi connectivity index (χ4v) is 1.92. The summed E-state index contributed by atoms with van der Waals surface area (Å²) in [6.45, 7) is 1.54. The van der Waals surface area contributed by atoms with Crippen molar-refractivity contribution in [1.29, 1.82) is 0 Å². The van der Waals surface area contributed by atoms with Crippen molar-refractivity contribution in [2.24, 2.45) is 0 Å². The van der Waals surface area contributed by atoms with Gasteiger partial charge in [0.15, 0.2) is 0 Å². The molecular weight excluding hydrogens is 240 g/mol. The van der Waals surface area contributed by atoms with E-state index in [0.29, 0.717) is 17.9 Å². The smallest absolute Gasteiger partial charge is 0.270 e. The molecule has 19 heavy (non-hydrogen) atoms. The average Bonchev–Trinajstić information content (AvgIpc) is 2.77. The van der Waals surface area contributed by atoms with Gasteiger partial charge in [-0.05, 0) is 38.4 Å². The molecule has 2 aromatic rings. The molecule has 0 spiro atoms. The molecule has 0 aliphatic rings. The van der Waals surface area contributed by atoms with Crippen molar-refractivity contribution < 1.29 is 4.79 Å². The van der Waals surface area contributed by atoms with E-state index in [9.17, 15) is 4.79 Å². The molecule has 1 amide bonds. The average molecular weight is 260 g/mol. The highest BCUT2D eigenvalue weighted by Gasteiger charge is 2.14. The van der Waals surface area contributed by atoms with E-state index in [2.05, 4.69) is 9.88 Å². The Hall–Kier alpha value is -2.01. The third-order valence-electron chi connectivity index (χ3n) is 3.10. The van der Waals surface area contributed by atoms with E-state index in [1.54, 1.807) is 4.90 Å². The van der Waals surface area contributed by atoms with Crippen LogP contribution in [-0.4, -0.2) is 54.9 Å². The number of H-pyrrole nitrogens is 1. The molecule has 0 atom stereocenters. The van der Waals surface area contributed by atoms with Crippen LogP contribution in [0.25, 0.3) is 10.9 Å². The summed E-state index contributed by atoms with van der Waals surface area (Å²) in [5, 5.41) is 0.962. The van der Waals surface area contributed by atoms with Crippen LogP contribution in [0.3, 0.4) is 0 Å². The maximum absolute atomic E-state index is 12.3. The minimum Gasteiger partial charge on any atom is -0.399 e. The molecule has 1 aromatic carbocycles. The number of carbonyl (C=O) groups is 1. The molecular formula is C14H20N4O. The van der Waals surface area contributed by atoms with Crippen molar-refractivity contribution in [2.45, 2.75) is 0 Å². The fraction of sp³-hybridized carbons (Fsp3) is 0.357. The van der Waals surface area contributed by atoms with E-state index in [-0.39, 0.29) is 5.91 Å². The van der Waals surface area contributed by atoms with Gasteiger partial charge in [-0.2, -0.15) is 0 Å². The van der Waals surface area contributed by atoms with Gasteiger partial charge in [-0.3, -0.25) is 4.79 Å². The van der Waals surface area contributed by atoms with Crippen LogP contribution in [0.4, 0.5) is 5.69 Å². The van der Waals surface area contributed by atoms with Crippen molar-refractivity contribution in [2.75, 3.05) is 40.0 Å². The van der Waals surface area contributed by atoms with Crippen LogP contribution in [0.15, 0.2) is 24.3 Å². The lowest BCUT2D eigenvalue weighted by Crippen LogP contribution is -2.33. The minimum atomic E-state index is -0.00313. The van der Waals surface area contributed by atoms with Crippen LogP contribution in [0.1, 0.15) is 10.5 Å². The Bertz CT molecular complexity index is 588. The first-order valence-corrected chi connectivity index (χ1v) is 6.26. The molecule has 5 heteroatoms. The second kappa shape index (κ2) is 5.32. The summed E-state index contributed by atoms with van der Waals surface area (Å²) in [6.07, 6.45) is 0. The number of carbonyl (C=O) groups excluding carboxylic acids is 1. The molecule has 0 aliphatic heterocycles. The van der Waals surface area contributed by atoms with Gasteiger partial charge in [0.25, 0.3) is 5.91 Å². The molecule has 5 nitrogen and oxygen atoms in total. The predicted octanol–water partition coefficient (Wildman–Crippen LogP) is 1.38. The lowest BCUT2D eigenvalue weighted by molar-refractivity contribution is 0.0781. The first-order valence-electron chi connectivity index (χ1n) is 6.26. The zero-order valence-electron chi connectivity index (χ0n) is 11.6. The monoisotopic (exact) mass is 260 g/mol. The number of aromatic amines is 1. The highest BCUT2D eigenvalue weighted by atomic mass is 16.2. The lowest BCUT2D eigenvalue weighted by atomic mass is 10.2. The third kappa shape index (κ3) is 3.06. The topological polar surface area (TPSA) is 65.4 Å². The number of hydrogen-bond acceptors (Lipinski definition) is 3. The summed E-state index contributed by atoms with van der Waals surface area (Å²) in [5.41, 5.74) is 7.96. The molecule has 3 N–H and O–H groups in total. The van der Waals surface area contributed by atoms with Crippen LogP contribution >= 0.6 is 0 Å². The van der Waals surface area contributed by atoms with Gasteiger partial charge in [-0.15, -0.1) is 0 Å². The first-order chi connectivity index (χ1) is 8.97. The molecule has 0 radical (unpaired) electrons. The quantitative estimate of drug-likeness (QED) is 0.816. The number of likely N-dealkylation sites (N-methyl/N-ethyl adjacent to an activating group) is 2. The zero-order chi connectivity index (χ0) is 14.0. The maximum Gasteiger partial charge on any atom is 0.270 e. The molecule has 0 saturated carbocycles. The van der Waals surface area contributed by atoms with Gasteiger partial charge < -0.3 is 20.5 Å². The van der Waals surface area contributed by atoms with E-state index in [1.807, 2.05) is 45.4 Å². The molecule has 102 valence electrons. The van der Waals surface area contributed by atoms with E-state index in [1.165, 1.54) is 0 Å². The zero-order valence-corrected chi connectivity index (χ0v) is 11.6. The van der Waals surface area contributed by atoms with Gasteiger partial charge in [-0.1, -0.05) is 0 Å². The third-order valence-corrected chi connectivity index (χ3v) is 3.10. The molecule has 2 rings (SSSR count).